The highest BCUT2D eigenvalue weighted by atomic mass is 16.5. The van der Waals surface area contributed by atoms with E-state index in [-0.39, 0.29) is 18.2 Å². The maximum atomic E-state index is 13.0. The Bertz CT molecular complexity index is 1290. The van der Waals surface area contributed by atoms with Crippen molar-refractivity contribution in [2.75, 3.05) is 6.61 Å². The minimum atomic E-state index is -0.203. The number of carbonyl (C=O) groups excluding carboxylic acids is 1. The van der Waals surface area contributed by atoms with Crippen LogP contribution in [0.1, 0.15) is 59.9 Å². The number of ether oxygens (including phenoxy) is 1. The van der Waals surface area contributed by atoms with E-state index in [9.17, 15) is 4.79 Å². The van der Waals surface area contributed by atoms with Gasteiger partial charge in [0, 0.05) is 23.8 Å². The minimum Gasteiger partial charge on any atom is -0.356 e. The molecule has 1 unspecified atom stereocenters. The van der Waals surface area contributed by atoms with Gasteiger partial charge in [-0.3, -0.25) is 4.79 Å². The van der Waals surface area contributed by atoms with Crippen LogP contribution in [0.3, 0.4) is 0 Å². The van der Waals surface area contributed by atoms with Gasteiger partial charge in [-0.2, -0.15) is 5.10 Å². The summed E-state index contributed by atoms with van der Waals surface area (Å²) in [7, 11) is 0. The molecule has 0 saturated carbocycles. The number of benzene rings is 2. The van der Waals surface area contributed by atoms with Crippen LogP contribution in [-0.2, 0) is 4.74 Å². The quantitative estimate of drug-likeness (QED) is 0.439. The largest absolute Gasteiger partial charge is 0.356 e. The first-order valence-corrected chi connectivity index (χ1v) is 11.5. The number of aryl methyl sites for hydroxylation is 1. The first-order chi connectivity index (χ1) is 16.1. The Hall–Kier alpha value is -3.51. The highest BCUT2D eigenvalue weighted by Crippen LogP contribution is 2.32. The Morgan fingerprint density at radius 3 is 2.76 bits per heavy atom. The highest BCUT2D eigenvalue weighted by Gasteiger charge is 2.22. The number of pyridine rings is 1. The summed E-state index contributed by atoms with van der Waals surface area (Å²) in [6.45, 7) is 4.72. The number of para-hydroxylation sites is 1. The smallest absolute Gasteiger partial charge is 0.252 e. The summed E-state index contributed by atoms with van der Waals surface area (Å²) in [6.07, 6.45) is 4.88. The Balaban J connectivity index is 1.53. The molecule has 1 N–H and O–H groups in total. The fraction of sp³-hybridized carbons (Fsp3) is 0.296. The van der Waals surface area contributed by atoms with Crippen LogP contribution >= 0.6 is 0 Å². The monoisotopic (exact) mass is 440 g/mol. The molecule has 1 fully saturated rings. The second-order valence-electron chi connectivity index (χ2n) is 8.61. The number of aromatic nitrogens is 3. The van der Waals surface area contributed by atoms with E-state index in [4.69, 9.17) is 9.72 Å². The number of amides is 1. The zero-order valence-corrected chi connectivity index (χ0v) is 19.0. The summed E-state index contributed by atoms with van der Waals surface area (Å²) in [4.78, 5) is 17.9. The third-order valence-corrected chi connectivity index (χ3v) is 6.31. The average Bonchev–Trinajstić information content (AvgIpc) is 3.34. The summed E-state index contributed by atoms with van der Waals surface area (Å²) in [6, 6.07) is 19.5. The molecular formula is C27H28N4O2. The molecule has 33 heavy (non-hydrogen) atoms. The van der Waals surface area contributed by atoms with Gasteiger partial charge in [-0.1, -0.05) is 36.4 Å². The number of rotatable bonds is 5. The van der Waals surface area contributed by atoms with Crippen molar-refractivity contribution in [3.8, 4) is 11.4 Å². The van der Waals surface area contributed by atoms with Gasteiger partial charge in [0.05, 0.1) is 22.9 Å². The Kier molecular flexibility index (Phi) is 5.92. The molecule has 6 heteroatoms. The Morgan fingerprint density at radius 1 is 1.12 bits per heavy atom. The van der Waals surface area contributed by atoms with Crippen molar-refractivity contribution in [3.05, 3.63) is 83.6 Å². The molecule has 1 aliphatic rings. The zero-order valence-electron chi connectivity index (χ0n) is 19.0. The van der Waals surface area contributed by atoms with E-state index in [0.717, 1.165) is 59.3 Å². The first-order valence-electron chi connectivity index (χ1n) is 11.5. The second kappa shape index (κ2) is 9.16. The summed E-state index contributed by atoms with van der Waals surface area (Å²) >= 11 is 0. The Labute approximate surface area is 193 Å². The summed E-state index contributed by atoms with van der Waals surface area (Å²) < 4.78 is 7.92. The molecule has 1 amide bonds. The lowest BCUT2D eigenvalue weighted by molar-refractivity contribution is -0.0384. The van der Waals surface area contributed by atoms with Crippen LogP contribution in [-0.4, -0.2) is 27.3 Å². The molecule has 4 aromatic rings. The van der Waals surface area contributed by atoms with Gasteiger partial charge in [0.2, 0.25) is 0 Å². The lowest BCUT2D eigenvalue weighted by atomic mass is 10.00. The van der Waals surface area contributed by atoms with E-state index < -0.39 is 0 Å². The summed E-state index contributed by atoms with van der Waals surface area (Å²) in [5.41, 5.74) is 5.31. The maximum Gasteiger partial charge on any atom is 0.252 e. The SMILES string of the molecule is Cc1ccccc1C(=O)N[C@H](C)c1cc(-c2ccnn2C2CCCCO2)nc2ccccc12. The number of nitrogens with zero attached hydrogens (tertiary/aromatic N) is 3. The van der Waals surface area contributed by atoms with E-state index in [2.05, 4.69) is 22.5 Å². The molecule has 6 nitrogen and oxygen atoms in total. The topological polar surface area (TPSA) is 69.0 Å². The van der Waals surface area contributed by atoms with E-state index in [1.165, 1.54) is 0 Å². The van der Waals surface area contributed by atoms with E-state index >= 15 is 0 Å². The highest BCUT2D eigenvalue weighted by molar-refractivity contribution is 5.96. The van der Waals surface area contributed by atoms with Crippen molar-refractivity contribution < 1.29 is 9.53 Å². The molecule has 3 heterocycles. The van der Waals surface area contributed by atoms with Gasteiger partial charge in [0.1, 0.15) is 0 Å². The van der Waals surface area contributed by atoms with Gasteiger partial charge in [-0.15, -0.1) is 0 Å². The Morgan fingerprint density at radius 2 is 1.94 bits per heavy atom. The van der Waals surface area contributed by atoms with Gasteiger partial charge in [-0.05, 0) is 68.5 Å². The molecule has 2 aromatic heterocycles. The van der Waals surface area contributed by atoms with Crippen molar-refractivity contribution in [1.82, 2.24) is 20.1 Å². The fourth-order valence-electron chi connectivity index (χ4n) is 4.53. The van der Waals surface area contributed by atoms with E-state index in [1.807, 2.05) is 67.1 Å². The normalized spacial score (nSPS) is 17.1. The van der Waals surface area contributed by atoms with Gasteiger partial charge in [-0.25, -0.2) is 9.67 Å². The van der Waals surface area contributed by atoms with Crippen molar-refractivity contribution in [2.45, 2.75) is 45.4 Å². The van der Waals surface area contributed by atoms with Gasteiger partial charge < -0.3 is 10.1 Å². The molecule has 2 atom stereocenters. The van der Waals surface area contributed by atoms with Crippen LogP contribution in [0, 0.1) is 6.92 Å². The second-order valence-corrected chi connectivity index (χ2v) is 8.61. The molecule has 0 spiro atoms. The molecule has 168 valence electrons. The van der Waals surface area contributed by atoms with Crippen LogP contribution in [0.25, 0.3) is 22.3 Å². The van der Waals surface area contributed by atoms with Crippen molar-refractivity contribution in [1.29, 1.82) is 0 Å². The predicted octanol–water partition coefficient (Wildman–Crippen LogP) is 5.60. The molecule has 0 bridgehead atoms. The lowest BCUT2D eigenvalue weighted by Crippen LogP contribution is -2.27. The van der Waals surface area contributed by atoms with E-state index in [0.29, 0.717) is 5.56 Å². The lowest BCUT2D eigenvalue weighted by Gasteiger charge is -2.25. The number of carbonyl (C=O) groups is 1. The van der Waals surface area contributed by atoms with Crippen molar-refractivity contribution in [3.63, 3.8) is 0 Å². The molecular weight excluding hydrogens is 412 g/mol. The van der Waals surface area contributed by atoms with Crippen molar-refractivity contribution in [2.24, 2.45) is 0 Å². The number of hydrogen-bond donors (Lipinski definition) is 1. The van der Waals surface area contributed by atoms with Crippen LogP contribution in [0.5, 0.6) is 0 Å². The molecule has 2 aromatic carbocycles. The predicted molar refractivity (Wildman–Crippen MR) is 129 cm³/mol. The average molecular weight is 441 g/mol. The van der Waals surface area contributed by atoms with Gasteiger partial charge >= 0.3 is 0 Å². The number of hydrogen-bond acceptors (Lipinski definition) is 4. The number of fused-ring (bicyclic) bond motifs is 1. The first kappa shape index (κ1) is 21.3. The third-order valence-electron chi connectivity index (χ3n) is 6.31. The molecule has 0 radical (unpaired) electrons. The molecule has 1 aliphatic heterocycles. The number of nitrogens with one attached hydrogen (secondary N) is 1. The van der Waals surface area contributed by atoms with Crippen molar-refractivity contribution >= 4 is 16.8 Å². The van der Waals surface area contributed by atoms with Gasteiger partial charge in [0.25, 0.3) is 5.91 Å². The summed E-state index contributed by atoms with van der Waals surface area (Å²) in [5.74, 6) is -0.0799. The molecule has 5 rings (SSSR count). The van der Waals surface area contributed by atoms with Crippen LogP contribution < -0.4 is 5.32 Å². The standard InChI is InChI=1S/C27H28N4O2/c1-18-9-3-4-10-20(18)27(32)29-19(2)22-17-24(30-23-12-6-5-11-21(22)23)25-14-15-28-31(25)26-13-7-8-16-33-26/h3-6,9-12,14-15,17,19,26H,7-8,13,16H2,1-2H3,(H,29,32)/t19-,26?/m1/s1. The molecule has 1 saturated heterocycles. The van der Waals surface area contributed by atoms with E-state index in [1.54, 1.807) is 6.20 Å². The van der Waals surface area contributed by atoms with Crippen LogP contribution in [0.15, 0.2) is 66.9 Å². The van der Waals surface area contributed by atoms with Crippen LogP contribution in [0.4, 0.5) is 0 Å². The van der Waals surface area contributed by atoms with Gasteiger partial charge in [0.15, 0.2) is 6.23 Å². The van der Waals surface area contributed by atoms with Crippen LogP contribution in [0.2, 0.25) is 0 Å². The molecule has 0 aliphatic carbocycles. The fourth-order valence-corrected chi connectivity index (χ4v) is 4.53. The maximum absolute atomic E-state index is 13.0. The third kappa shape index (κ3) is 4.26. The zero-order chi connectivity index (χ0) is 22.8. The minimum absolute atomic E-state index is 0.0707. The summed E-state index contributed by atoms with van der Waals surface area (Å²) in [5, 5.41) is 8.76.